The molecule has 4 aliphatic rings. The molecule has 126 valence electrons. The van der Waals surface area contributed by atoms with Crippen molar-refractivity contribution in [3.05, 3.63) is 0 Å². The average Bonchev–Trinajstić information content (AvgIpc) is 2.31. The van der Waals surface area contributed by atoms with Gasteiger partial charge in [-0.15, -0.1) is 4.33 Å². The number of rotatable bonds is 5. The van der Waals surface area contributed by atoms with E-state index in [1.54, 1.807) is 0 Å². The van der Waals surface area contributed by atoms with Crippen LogP contribution in [0.1, 0.15) is 52.4 Å². The zero-order valence-corrected chi connectivity index (χ0v) is 13.5. The van der Waals surface area contributed by atoms with Gasteiger partial charge in [-0.25, -0.2) is 5.26 Å². The van der Waals surface area contributed by atoms with E-state index < -0.39 is 28.7 Å². The summed E-state index contributed by atoms with van der Waals surface area (Å²) < 4.78 is 31.2. The normalized spacial score (nSPS) is 43.4. The predicted molar refractivity (Wildman–Crippen MR) is 75.6 cm³/mol. The van der Waals surface area contributed by atoms with Crippen LogP contribution in [0.25, 0.3) is 0 Å². The first-order valence-corrected chi connectivity index (χ1v) is 8.20. The van der Waals surface area contributed by atoms with E-state index in [0.717, 1.165) is 38.5 Å². The van der Waals surface area contributed by atoms with E-state index in [-0.39, 0.29) is 10.8 Å². The number of hydrogen-bond acceptors (Lipinski definition) is 5. The molecule has 4 bridgehead atoms. The molecular weight excluding hydrogens is 316 g/mol. The molecule has 0 aromatic heterocycles. The second-order valence-electron chi connectivity index (χ2n) is 8.11. The molecule has 1 amide bonds. The fourth-order valence-corrected chi connectivity index (χ4v) is 6.24. The van der Waals surface area contributed by atoms with Crippen LogP contribution in [-0.2, 0) is 14.2 Å². The maximum Gasteiger partial charge on any atom is 0.397 e. The molecule has 4 fully saturated rings. The molecule has 5 nitrogen and oxygen atoms in total. The highest BCUT2D eigenvalue weighted by molar-refractivity contribution is 7.96. The molecule has 0 aliphatic heterocycles. The molecule has 22 heavy (non-hydrogen) atoms. The van der Waals surface area contributed by atoms with Crippen LogP contribution >= 0.6 is 12.0 Å². The first kappa shape index (κ1) is 16.4. The van der Waals surface area contributed by atoms with Gasteiger partial charge in [-0.1, -0.05) is 18.9 Å². The van der Waals surface area contributed by atoms with Gasteiger partial charge in [0.05, 0.1) is 0 Å². The Morgan fingerprint density at radius 1 is 1.23 bits per heavy atom. The standard InChI is InChI=1S/C14H21F2NO4S/c1-11-3-9-4-12(2,6-11)8-13(5-9,7-11)17-10(18)14(15,16)22-21-20-19/h9,19H,3-8H2,1-2H3,(H,17,18). The van der Waals surface area contributed by atoms with Crippen molar-refractivity contribution in [2.24, 2.45) is 16.7 Å². The fourth-order valence-electron chi connectivity index (χ4n) is 6.00. The molecule has 8 heteroatoms. The van der Waals surface area contributed by atoms with E-state index in [2.05, 4.69) is 28.5 Å². The minimum Gasteiger partial charge on any atom is -0.345 e. The van der Waals surface area contributed by atoms with Crippen molar-refractivity contribution < 1.29 is 28.2 Å². The summed E-state index contributed by atoms with van der Waals surface area (Å²) in [6, 6.07) is 0. The third-order valence-corrected chi connectivity index (χ3v) is 5.96. The summed E-state index contributed by atoms with van der Waals surface area (Å²) in [5.41, 5.74) is -0.312. The monoisotopic (exact) mass is 337 g/mol. The van der Waals surface area contributed by atoms with Crippen molar-refractivity contribution in [3.8, 4) is 0 Å². The topological polar surface area (TPSA) is 67.8 Å². The highest BCUT2D eigenvalue weighted by Gasteiger charge is 2.61. The lowest BCUT2D eigenvalue weighted by Gasteiger charge is -2.65. The minimum absolute atomic E-state index is 0.120. The van der Waals surface area contributed by atoms with Gasteiger partial charge in [0, 0.05) is 5.54 Å². The highest BCUT2D eigenvalue weighted by Crippen LogP contribution is 2.66. The summed E-state index contributed by atoms with van der Waals surface area (Å²) in [6.07, 6.45) is 5.59. The van der Waals surface area contributed by atoms with Gasteiger partial charge in [-0.05, 0) is 55.3 Å². The SMILES string of the molecule is CC12CC3CC(C)(C1)CC(NC(=O)C(F)(F)SOOO)(C3)C2. The van der Waals surface area contributed by atoms with Crippen LogP contribution in [-0.4, -0.2) is 22.0 Å². The molecule has 2 N–H and O–H groups in total. The van der Waals surface area contributed by atoms with Gasteiger partial charge in [-0.3, -0.25) is 4.79 Å². The number of halogens is 2. The number of alkyl halides is 2. The van der Waals surface area contributed by atoms with E-state index in [9.17, 15) is 13.6 Å². The van der Waals surface area contributed by atoms with Crippen LogP contribution in [0, 0.1) is 16.7 Å². The molecule has 4 rings (SSSR count). The Morgan fingerprint density at radius 2 is 1.82 bits per heavy atom. The first-order chi connectivity index (χ1) is 10.1. The van der Waals surface area contributed by atoms with E-state index in [0.29, 0.717) is 5.92 Å². The average molecular weight is 337 g/mol. The Kier molecular flexibility index (Phi) is 3.75. The van der Waals surface area contributed by atoms with Gasteiger partial charge in [0.15, 0.2) is 0 Å². The molecule has 0 aromatic rings. The number of hydrogen-bond donors (Lipinski definition) is 2. The lowest BCUT2D eigenvalue weighted by Crippen LogP contribution is -2.66. The Hall–Kier alpha value is -0.440. The molecule has 0 saturated heterocycles. The number of amides is 1. The van der Waals surface area contributed by atoms with Gasteiger partial charge in [0.2, 0.25) is 0 Å². The second kappa shape index (κ2) is 5.03. The lowest BCUT2D eigenvalue weighted by molar-refractivity contribution is -0.433. The van der Waals surface area contributed by atoms with Crippen molar-refractivity contribution in [1.82, 2.24) is 5.32 Å². The molecule has 0 aromatic carbocycles. The van der Waals surface area contributed by atoms with Crippen LogP contribution < -0.4 is 5.32 Å². The van der Waals surface area contributed by atoms with E-state index in [1.807, 2.05) is 0 Å². The van der Waals surface area contributed by atoms with Crippen molar-refractivity contribution >= 4 is 17.9 Å². The summed E-state index contributed by atoms with van der Waals surface area (Å²) in [5, 5.41) is 9.92. The predicted octanol–water partition coefficient (Wildman–Crippen LogP) is 3.51. The molecule has 2 unspecified atom stereocenters. The highest BCUT2D eigenvalue weighted by atomic mass is 32.2. The summed E-state index contributed by atoms with van der Waals surface area (Å²) in [7, 11) is 0. The summed E-state index contributed by atoms with van der Waals surface area (Å²) in [4.78, 5) is 12.0. The summed E-state index contributed by atoms with van der Waals surface area (Å²) in [5.74, 6) is -0.895. The first-order valence-electron chi connectivity index (χ1n) is 7.46. The van der Waals surface area contributed by atoms with Crippen molar-refractivity contribution in [1.29, 1.82) is 0 Å². The maximum atomic E-state index is 13.7. The molecular formula is C14H21F2NO4S. The summed E-state index contributed by atoms with van der Waals surface area (Å²) in [6.45, 7) is 4.40. The van der Waals surface area contributed by atoms with Crippen LogP contribution in [0.4, 0.5) is 8.78 Å². The quantitative estimate of drug-likeness (QED) is 0.456. The molecule has 0 heterocycles. The second-order valence-corrected chi connectivity index (χ2v) is 8.92. The number of carbonyl (C=O) groups excluding carboxylic acids is 1. The molecule has 4 aliphatic carbocycles. The van der Waals surface area contributed by atoms with Gasteiger partial charge in [-0.2, -0.15) is 8.78 Å². The minimum atomic E-state index is -3.81. The third-order valence-electron chi connectivity index (χ3n) is 5.44. The Balaban J connectivity index is 1.76. The lowest BCUT2D eigenvalue weighted by atomic mass is 9.43. The van der Waals surface area contributed by atoms with Crippen molar-refractivity contribution in [2.45, 2.75) is 63.2 Å². The van der Waals surface area contributed by atoms with Crippen LogP contribution in [0.15, 0.2) is 0 Å². The van der Waals surface area contributed by atoms with Crippen molar-refractivity contribution in [2.75, 3.05) is 0 Å². The van der Waals surface area contributed by atoms with E-state index in [4.69, 9.17) is 5.26 Å². The molecule has 0 spiro atoms. The van der Waals surface area contributed by atoms with Gasteiger partial charge < -0.3 is 5.32 Å². The smallest absolute Gasteiger partial charge is 0.345 e. The Labute approximate surface area is 132 Å². The third kappa shape index (κ3) is 2.86. The fraction of sp³-hybridized carbons (Fsp3) is 0.929. The Morgan fingerprint density at radius 3 is 2.32 bits per heavy atom. The largest absolute Gasteiger partial charge is 0.397 e. The summed E-state index contributed by atoms with van der Waals surface area (Å²) >= 11 is -0.504. The molecule has 2 atom stereocenters. The van der Waals surface area contributed by atoms with Crippen LogP contribution in [0.2, 0.25) is 0 Å². The number of carbonyl (C=O) groups is 1. The van der Waals surface area contributed by atoms with Crippen LogP contribution in [0.3, 0.4) is 0 Å². The van der Waals surface area contributed by atoms with Gasteiger partial charge in [0.25, 0.3) is 0 Å². The van der Waals surface area contributed by atoms with Gasteiger partial charge >= 0.3 is 11.2 Å². The number of nitrogens with one attached hydrogen (secondary N) is 1. The Bertz CT molecular complexity index is 471. The van der Waals surface area contributed by atoms with Gasteiger partial charge in [0.1, 0.15) is 12.0 Å². The van der Waals surface area contributed by atoms with E-state index >= 15 is 0 Å². The molecule has 4 saturated carbocycles. The van der Waals surface area contributed by atoms with Crippen molar-refractivity contribution in [3.63, 3.8) is 0 Å². The van der Waals surface area contributed by atoms with E-state index in [1.165, 1.54) is 0 Å². The van der Waals surface area contributed by atoms with Crippen LogP contribution in [0.5, 0.6) is 0 Å². The molecule has 0 radical (unpaired) electrons. The zero-order chi connectivity index (χ0) is 16.2. The zero-order valence-electron chi connectivity index (χ0n) is 12.7. The maximum absolute atomic E-state index is 13.7.